The SMILES string of the molecule is CN(c1cc(Cl)nc(SCc2ccc(C(=O)NCc3ccc4c(c3)OCO4)cc2)n1)C1CCCCC1. The first kappa shape index (κ1) is 24.7. The normalized spacial score (nSPS) is 15.1. The van der Waals surface area contributed by atoms with Crippen LogP contribution >= 0.6 is 23.4 Å². The molecule has 1 aliphatic carbocycles. The first-order valence-electron chi connectivity index (χ1n) is 12.2. The molecule has 2 aromatic carbocycles. The van der Waals surface area contributed by atoms with Crippen molar-refractivity contribution < 1.29 is 14.3 Å². The third-order valence-corrected chi connectivity index (χ3v) is 7.73. The smallest absolute Gasteiger partial charge is 0.251 e. The van der Waals surface area contributed by atoms with E-state index < -0.39 is 0 Å². The van der Waals surface area contributed by atoms with Crippen molar-refractivity contribution in [2.45, 2.75) is 55.6 Å². The van der Waals surface area contributed by atoms with Crippen molar-refractivity contribution in [3.63, 3.8) is 0 Å². The Kier molecular flexibility index (Phi) is 7.82. The van der Waals surface area contributed by atoms with Crippen molar-refractivity contribution in [3.8, 4) is 11.5 Å². The molecule has 1 aliphatic heterocycles. The maximum Gasteiger partial charge on any atom is 0.251 e. The Bertz CT molecular complexity index is 1220. The molecule has 0 unspecified atom stereocenters. The van der Waals surface area contributed by atoms with Gasteiger partial charge in [0.25, 0.3) is 5.91 Å². The van der Waals surface area contributed by atoms with Gasteiger partial charge < -0.3 is 19.7 Å². The van der Waals surface area contributed by atoms with Gasteiger partial charge in [0.05, 0.1) is 0 Å². The highest BCUT2D eigenvalue weighted by Gasteiger charge is 2.20. The summed E-state index contributed by atoms with van der Waals surface area (Å²) in [5.41, 5.74) is 2.65. The summed E-state index contributed by atoms with van der Waals surface area (Å²) < 4.78 is 10.7. The first-order valence-corrected chi connectivity index (χ1v) is 13.6. The van der Waals surface area contributed by atoms with Gasteiger partial charge in [0.1, 0.15) is 11.0 Å². The van der Waals surface area contributed by atoms with Crippen molar-refractivity contribution in [1.29, 1.82) is 0 Å². The predicted molar refractivity (Wildman–Crippen MR) is 142 cm³/mol. The number of rotatable bonds is 8. The van der Waals surface area contributed by atoms with Gasteiger partial charge in [-0.15, -0.1) is 0 Å². The summed E-state index contributed by atoms with van der Waals surface area (Å²) in [6.45, 7) is 0.648. The Morgan fingerprint density at radius 3 is 2.58 bits per heavy atom. The molecule has 188 valence electrons. The number of aromatic nitrogens is 2. The molecule has 1 fully saturated rings. The van der Waals surface area contributed by atoms with Gasteiger partial charge in [-0.3, -0.25) is 4.79 Å². The molecule has 2 aliphatic rings. The number of thioether (sulfide) groups is 1. The number of hydrogen-bond donors (Lipinski definition) is 1. The van der Waals surface area contributed by atoms with E-state index in [4.69, 9.17) is 26.1 Å². The summed E-state index contributed by atoms with van der Waals surface area (Å²) in [4.78, 5) is 24.0. The van der Waals surface area contributed by atoms with Crippen LogP contribution in [-0.2, 0) is 12.3 Å². The average Bonchev–Trinajstić information content (AvgIpc) is 3.39. The minimum atomic E-state index is -0.125. The molecule has 3 aromatic rings. The molecule has 0 radical (unpaired) electrons. The number of nitrogens with zero attached hydrogens (tertiary/aromatic N) is 3. The molecule has 0 atom stereocenters. The van der Waals surface area contributed by atoms with Crippen molar-refractivity contribution in [2.75, 3.05) is 18.7 Å². The number of benzene rings is 2. The van der Waals surface area contributed by atoms with Gasteiger partial charge in [-0.1, -0.05) is 60.8 Å². The Balaban J connectivity index is 1.15. The Morgan fingerprint density at radius 2 is 1.78 bits per heavy atom. The van der Waals surface area contributed by atoms with Crippen LogP contribution in [-0.4, -0.2) is 35.8 Å². The number of carbonyl (C=O) groups excluding carboxylic acids is 1. The molecular weight excluding hydrogens is 496 g/mol. The molecule has 0 saturated heterocycles. The van der Waals surface area contributed by atoms with Gasteiger partial charge in [-0.05, 0) is 48.2 Å². The lowest BCUT2D eigenvalue weighted by Gasteiger charge is -2.32. The number of anilines is 1. The standard InChI is InChI=1S/C27H29ClN4O3S/c1-32(21-5-3-2-4-6-21)25-14-24(28)30-27(31-25)36-16-18-7-10-20(11-8-18)26(33)29-15-19-9-12-22-23(13-19)35-17-34-22/h7-14,21H,2-6,15-17H2,1H3,(H,29,33). The third-order valence-electron chi connectivity index (χ3n) is 6.62. The first-order chi connectivity index (χ1) is 17.5. The summed E-state index contributed by atoms with van der Waals surface area (Å²) in [5, 5.41) is 4.07. The predicted octanol–water partition coefficient (Wildman–Crippen LogP) is 5.85. The lowest BCUT2D eigenvalue weighted by Crippen LogP contribution is -2.34. The maximum atomic E-state index is 12.6. The van der Waals surface area contributed by atoms with E-state index in [1.54, 1.807) is 11.8 Å². The molecule has 1 aromatic heterocycles. The quantitative estimate of drug-likeness (QED) is 0.225. The van der Waals surface area contributed by atoms with Crippen LogP contribution in [0.5, 0.6) is 11.5 Å². The largest absolute Gasteiger partial charge is 0.454 e. The highest BCUT2D eigenvalue weighted by Crippen LogP contribution is 2.32. The van der Waals surface area contributed by atoms with Crippen molar-refractivity contribution in [2.24, 2.45) is 0 Å². The molecule has 1 amide bonds. The van der Waals surface area contributed by atoms with Crippen LogP contribution in [0.3, 0.4) is 0 Å². The van der Waals surface area contributed by atoms with E-state index >= 15 is 0 Å². The summed E-state index contributed by atoms with van der Waals surface area (Å²) in [7, 11) is 2.10. The van der Waals surface area contributed by atoms with Crippen LogP contribution in [0.15, 0.2) is 53.7 Å². The number of ether oxygens (including phenoxy) is 2. The number of hydrogen-bond acceptors (Lipinski definition) is 7. The zero-order valence-electron chi connectivity index (χ0n) is 20.2. The molecule has 5 rings (SSSR count). The topological polar surface area (TPSA) is 76.6 Å². The van der Waals surface area contributed by atoms with Crippen LogP contribution in [0.4, 0.5) is 5.82 Å². The van der Waals surface area contributed by atoms with E-state index in [1.807, 2.05) is 48.5 Å². The number of nitrogens with one attached hydrogen (secondary N) is 1. The van der Waals surface area contributed by atoms with Gasteiger partial charge in [-0.2, -0.15) is 0 Å². The lowest BCUT2D eigenvalue weighted by atomic mass is 9.94. The molecule has 7 nitrogen and oxygen atoms in total. The molecule has 2 heterocycles. The Morgan fingerprint density at radius 1 is 1.03 bits per heavy atom. The number of halogens is 1. The third kappa shape index (κ3) is 6.05. The van der Waals surface area contributed by atoms with Gasteiger partial charge in [0.15, 0.2) is 16.7 Å². The van der Waals surface area contributed by atoms with Gasteiger partial charge in [-0.25, -0.2) is 9.97 Å². The molecule has 1 saturated carbocycles. The number of carbonyl (C=O) groups is 1. The second kappa shape index (κ2) is 11.4. The molecule has 36 heavy (non-hydrogen) atoms. The van der Waals surface area contributed by atoms with Crippen LogP contribution in [0, 0.1) is 0 Å². The molecule has 9 heteroatoms. The fourth-order valence-electron chi connectivity index (χ4n) is 4.52. The minimum Gasteiger partial charge on any atom is -0.454 e. The fourth-order valence-corrected chi connectivity index (χ4v) is 5.56. The summed E-state index contributed by atoms with van der Waals surface area (Å²) in [6, 6.07) is 15.6. The van der Waals surface area contributed by atoms with Crippen LogP contribution < -0.4 is 19.7 Å². The van der Waals surface area contributed by atoms with Crippen molar-refractivity contribution in [3.05, 3.63) is 70.4 Å². The monoisotopic (exact) mass is 524 g/mol. The van der Waals surface area contributed by atoms with Crippen molar-refractivity contribution in [1.82, 2.24) is 15.3 Å². The van der Waals surface area contributed by atoms with E-state index in [9.17, 15) is 4.79 Å². The lowest BCUT2D eigenvalue weighted by molar-refractivity contribution is 0.0951. The van der Waals surface area contributed by atoms with Crippen LogP contribution in [0.25, 0.3) is 0 Å². The zero-order valence-corrected chi connectivity index (χ0v) is 21.8. The Hall–Kier alpha value is -2.97. The highest BCUT2D eigenvalue weighted by molar-refractivity contribution is 7.98. The minimum absolute atomic E-state index is 0.125. The highest BCUT2D eigenvalue weighted by atomic mass is 35.5. The number of amides is 1. The van der Waals surface area contributed by atoms with E-state index in [2.05, 4.69) is 22.2 Å². The second-order valence-corrected chi connectivity index (χ2v) is 10.4. The van der Waals surface area contributed by atoms with Gasteiger partial charge in [0, 0.05) is 37.0 Å². The molecule has 1 N–H and O–H groups in total. The van der Waals surface area contributed by atoms with Gasteiger partial charge >= 0.3 is 0 Å². The summed E-state index contributed by atoms with van der Waals surface area (Å²) >= 11 is 7.86. The van der Waals surface area contributed by atoms with E-state index in [-0.39, 0.29) is 12.7 Å². The molecule has 0 bridgehead atoms. The maximum absolute atomic E-state index is 12.6. The summed E-state index contributed by atoms with van der Waals surface area (Å²) in [6.07, 6.45) is 6.23. The fraction of sp³-hybridized carbons (Fsp3) is 0.370. The van der Waals surface area contributed by atoms with E-state index in [0.29, 0.717) is 40.0 Å². The average molecular weight is 525 g/mol. The van der Waals surface area contributed by atoms with Crippen LogP contribution in [0.2, 0.25) is 5.15 Å². The van der Waals surface area contributed by atoms with Crippen molar-refractivity contribution >= 4 is 35.1 Å². The van der Waals surface area contributed by atoms with Gasteiger partial charge in [0.2, 0.25) is 6.79 Å². The molecule has 0 spiro atoms. The molecular formula is C27H29ClN4O3S. The van der Waals surface area contributed by atoms with E-state index in [0.717, 1.165) is 22.7 Å². The number of fused-ring (bicyclic) bond motifs is 1. The summed E-state index contributed by atoms with van der Waals surface area (Å²) in [5.74, 6) is 2.87. The second-order valence-electron chi connectivity index (χ2n) is 9.09. The zero-order chi connectivity index (χ0) is 24.9. The Labute approximate surface area is 220 Å². The van der Waals surface area contributed by atoms with E-state index in [1.165, 1.54) is 32.1 Å². The van der Waals surface area contributed by atoms with Crippen LogP contribution in [0.1, 0.15) is 53.6 Å².